The Balaban J connectivity index is 2.23. The number of ether oxygens (including phenoxy) is 1. The van der Waals surface area contributed by atoms with Gasteiger partial charge in [0.05, 0.1) is 18.8 Å². The Morgan fingerprint density at radius 3 is 2.23 bits per heavy atom. The number of halogens is 3. The fourth-order valence-corrected chi connectivity index (χ4v) is 2.95. The minimum Gasteiger partial charge on any atom is -0.598 e. The first-order valence-corrected chi connectivity index (χ1v) is 9.08. The van der Waals surface area contributed by atoms with Gasteiger partial charge in [-0.3, -0.25) is 0 Å². The lowest BCUT2D eigenvalue weighted by Crippen LogP contribution is -2.40. The molecule has 0 spiro atoms. The van der Waals surface area contributed by atoms with Gasteiger partial charge in [-0.15, -0.1) is 4.72 Å². The van der Waals surface area contributed by atoms with E-state index >= 15 is 0 Å². The molecule has 1 aromatic heterocycles. The van der Waals surface area contributed by atoms with Gasteiger partial charge < -0.3 is 9.29 Å². The lowest BCUT2D eigenvalue weighted by atomic mass is 10.1. The molecule has 26 heavy (non-hydrogen) atoms. The minimum absolute atomic E-state index is 0.00918. The van der Waals surface area contributed by atoms with Crippen LogP contribution in [-0.4, -0.2) is 26.2 Å². The molecule has 0 radical (unpaired) electrons. The van der Waals surface area contributed by atoms with Crippen LogP contribution in [0, 0.1) is 0 Å². The van der Waals surface area contributed by atoms with Crippen LogP contribution in [0.2, 0.25) is 0 Å². The summed E-state index contributed by atoms with van der Waals surface area (Å²) < 4.78 is 59.4. The van der Waals surface area contributed by atoms with Crippen LogP contribution < -0.4 is 9.46 Å². The van der Waals surface area contributed by atoms with Crippen LogP contribution in [0.1, 0.15) is 45.0 Å². The normalized spacial score (nSPS) is 15.0. The van der Waals surface area contributed by atoms with Crippen molar-refractivity contribution in [2.24, 2.45) is 0 Å². The first kappa shape index (κ1) is 20.6. The van der Waals surface area contributed by atoms with E-state index in [1.165, 1.54) is 7.11 Å². The molecule has 2 atom stereocenters. The number of alkyl halides is 3. The highest BCUT2D eigenvalue weighted by Crippen LogP contribution is 2.32. The number of benzene rings is 1. The lowest BCUT2D eigenvalue weighted by Gasteiger charge is -2.26. The number of rotatable bonds is 5. The summed E-state index contributed by atoms with van der Waals surface area (Å²) in [5, 5.41) is 3.58. The van der Waals surface area contributed by atoms with Crippen LogP contribution in [0.4, 0.5) is 13.2 Å². The second-order valence-corrected chi connectivity index (χ2v) is 8.79. The van der Waals surface area contributed by atoms with Crippen LogP contribution in [0.25, 0.3) is 5.69 Å². The van der Waals surface area contributed by atoms with E-state index in [1.54, 1.807) is 24.3 Å². The zero-order valence-corrected chi connectivity index (χ0v) is 16.0. The Hall–Kier alpha value is -1.71. The predicted octanol–water partition coefficient (Wildman–Crippen LogP) is 4.01. The topological polar surface area (TPSA) is 62.1 Å². The first-order chi connectivity index (χ1) is 11.9. The van der Waals surface area contributed by atoms with Crippen molar-refractivity contribution < 1.29 is 22.5 Å². The molecule has 2 aromatic rings. The summed E-state index contributed by atoms with van der Waals surface area (Å²) in [5.74, 6) is -0.00918. The van der Waals surface area contributed by atoms with E-state index in [-0.39, 0.29) is 11.9 Å². The molecule has 0 aliphatic carbocycles. The third-order valence-electron chi connectivity index (χ3n) is 3.65. The number of hydrogen-bond acceptors (Lipinski definition) is 4. The van der Waals surface area contributed by atoms with Crippen LogP contribution in [-0.2, 0) is 17.5 Å². The van der Waals surface area contributed by atoms with Crippen molar-refractivity contribution in [2.45, 2.75) is 44.7 Å². The van der Waals surface area contributed by atoms with Gasteiger partial charge in [-0.1, -0.05) is 12.1 Å². The molecule has 9 heteroatoms. The zero-order chi connectivity index (χ0) is 19.7. The van der Waals surface area contributed by atoms with Crippen molar-refractivity contribution in [1.82, 2.24) is 14.5 Å². The van der Waals surface area contributed by atoms with Gasteiger partial charge in [0.2, 0.25) is 5.88 Å². The maximum Gasteiger partial charge on any atom is 0.435 e. The van der Waals surface area contributed by atoms with E-state index < -0.39 is 28.0 Å². The molecule has 0 fully saturated rings. The van der Waals surface area contributed by atoms with E-state index in [1.807, 2.05) is 27.7 Å². The molecule has 5 nitrogen and oxygen atoms in total. The quantitative estimate of drug-likeness (QED) is 0.785. The number of aromatic nitrogens is 2. The summed E-state index contributed by atoms with van der Waals surface area (Å²) in [5.41, 5.74) is 0.271. The Kier molecular flexibility index (Phi) is 5.94. The monoisotopic (exact) mass is 389 g/mol. The van der Waals surface area contributed by atoms with Gasteiger partial charge >= 0.3 is 6.18 Å². The second-order valence-electron chi connectivity index (χ2n) is 6.79. The van der Waals surface area contributed by atoms with Crippen molar-refractivity contribution in [3.63, 3.8) is 0 Å². The number of methoxy groups -OCH3 is 1. The average molecular weight is 389 g/mol. The van der Waals surface area contributed by atoms with Crippen molar-refractivity contribution >= 4 is 11.4 Å². The average Bonchev–Trinajstić information content (AvgIpc) is 2.98. The summed E-state index contributed by atoms with van der Waals surface area (Å²) in [7, 11) is 1.29. The molecule has 1 N–H and O–H groups in total. The number of hydrogen-bond donors (Lipinski definition) is 1. The van der Waals surface area contributed by atoms with Crippen molar-refractivity contribution in [3.05, 3.63) is 41.6 Å². The van der Waals surface area contributed by atoms with Crippen molar-refractivity contribution in [1.29, 1.82) is 0 Å². The lowest BCUT2D eigenvalue weighted by molar-refractivity contribution is -0.141. The summed E-state index contributed by atoms with van der Waals surface area (Å²) in [6.07, 6.45) is -4.55. The molecule has 0 amide bonds. The van der Waals surface area contributed by atoms with Gasteiger partial charge in [-0.25, -0.2) is 4.68 Å². The molecule has 144 valence electrons. The number of nitrogens with zero attached hydrogens (tertiary/aromatic N) is 2. The van der Waals surface area contributed by atoms with E-state index in [4.69, 9.17) is 4.74 Å². The highest BCUT2D eigenvalue weighted by molar-refractivity contribution is 7.90. The van der Waals surface area contributed by atoms with Gasteiger partial charge in [0.25, 0.3) is 0 Å². The largest absolute Gasteiger partial charge is 0.598 e. The summed E-state index contributed by atoms with van der Waals surface area (Å²) in [4.78, 5) is 0. The van der Waals surface area contributed by atoms with E-state index in [9.17, 15) is 17.7 Å². The molecule has 1 unspecified atom stereocenters. The second kappa shape index (κ2) is 7.50. The first-order valence-electron chi connectivity index (χ1n) is 7.93. The molecule has 0 aliphatic rings. The zero-order valence-electron chi connectivity index (χ0n) is 15.2. The molecule has 0 saturated carbocycles. The van der Waals surface area contributed by atoms with Crippen molar-refractivity contribution in [3.8, 4) is 11.6 Å². The third kappa shape index (κ3) is 4.72. The predicted molar refractivity (Wildman–Crippen MR) is 94.6 cm³/mol. The Bertz CT molecular complexity index is 739. The Morgan fingerprint density at radius 2 is 1.77 bits per heavy atom. The molecular weight excluding hydrogens is 367 g/mol. The smallest absolute Gasteiger partial charge is 0.435 e. The van der Waals surface area contributed by atoms with Gasteiger partial charge in [0.1, 0.15) is 4.75 Å². The van der Waals surface area contributed by atoms with Crippen LogP contribution >= 0.6 is 0 Å². The van der Waals surface area contributed by atoms with Gasteiger partial charge in [0, 0.05) is 17.4 Å². The molecule has 1 aromatic carbocycles. The maximum absolute atomic E-state index is 12.9. The highest BCUT2D eigenvalue weighted by atomic mass is 32.2. The van der Waals surface area contributed by atoms with Gasteiger partial charge in [-0.2, -0.15) is 18.3 Å². The summed E-state index contributed by atoms with van der Waals surface area (Å²) in [6, 6.07) is 7.45. The minimum atomic E-state index is -4.55. The molecule has 1 heterocycles. The van der Waals surface area contributed by atoms with Crippen LogP contribution in [0.15, 0.2) is 30.3 Å². The highest BCUT2D eigenvalue weighted by Gasteiger charge is 2.35. The molecule has 0 saturated heterocycles. The molecule has 0 aliphatic heterocycles. The van der Waals surface area contributed by atoms with E-state index in [0.29, 0.717) is 5.69 Å². The van der Waals surface area contributed by atoms with Crippen LogP contribution in [0.5, 0.6) is 5.88 Å². The Morgan fingerprint density at radius 1 is 1.19 bits per heavy atom. The van der Waals surface area contributed by atoms with Crippen molar-refractivity contribution in [2.75, 3.05) is 7.11 Å². The molecule has 2 rings (SSSR count). The summed E-state index contributed by atoms with van der Waals surface area (Å²) in [6.45, 7) is 7.48. The fraction of sp³-hybridized carbons (Fsp3) is 0.471. The van der Waals surface area contributed by atoms with Crippen LogP contribution in [0.3, 0.4) is 0 Å². The van der Waals surface area contributed by atoms with E-state index in [2.05, 4.69) is 9.82 Å². The molecular formula is C17H22F3N3O2S. The SMILES string of the molecule is COc1cc(C(F)(F)F)nn1-c1ccc([C@@H](C)N[S+]([O-])C(C)(C)C)cc1. The maximum atomic E-state index is 12.9. The van der Waals surface area contributed by atoms with Gasteiger partial charge in [-0.05, 0) is 45.4 Å². The summed E-state index contributed by atoms with van der Waals surface area (Å²) >= 11 is -1.23. The fourth-order valence-electron chi connectivity index (χ4n) is 2.14. The Labute approximate surface area is 153 Å². The third-order valence-corrected chi connectivity index (χ3v) is 5.33. The van der Waals surface area contributed by atoms with Gasteiger partial charge in [0.15, 0.2) is 5.69 Å². The standard InChI is InChI=1S/C17H22F3N3O2S/c1-11(22-26(24)16(2,3)4)12-6-8-13(9-7-12)23-15(25-5)10-14(21-23)17(18,19)20/h6-11,22H,1-5H3/t11-,26?/m1/s1. The number of nitrogens with one attached hydrogen (secondary N) is 1. The van der Waals surface area contributed by atoms with E-state index in [0.717, 1.165) is 16.3 Å². The molecule has 0 bridgehead atoms.